The highest BCUT2D eigenvalue weighted by molar-refractivity contribution is 8.13. The van der Waals surface area contributed by atoms with E-state index >= 15 is 0 Å². The zero-order valence-electron chi connectivity index (χ0n) is 8.36. The van der Waals surface area contributed by atoms with E-state index in [0.29, 0.717) is 5.56 Å². The van der Waals surface area contributed by atoms with Crippen molar-refractivity contribution >= 4 is 25.6 Å². The summed E-state index contributed by atoms with van der Waals surface area (Å²) in [5.41, 5.74) is 0.489. The van der Waals surface area contributed by atoms with Crippen molar-refractivity contribution in [3.63, 3.8) is 0 Å². The maximum absolute atomic E-state index is 11.8. The number of nitrogens with one attached hydrogen (secondary N) is 1. The third-order valence-electron chi connectivity index (χ3n) is 1.87. The van der Waals surface area contributed by atoms with Crippen LogP contribution in [0.2, 0.25) is 0 Å². The van der Waals surface area contributed by atoms with Crippen LogP contribution in [0, 0.1) is 0 Å². The molecule has 1 N–H and O–H groups in total. The number of benzene rings is 1. The van der Waals surface area contributed by atoms with E-state index in [0.717, 1.165) is 0 Å². The van der Waals surface area contributed by atoms with Crippen LogP contribution in [0.1, 0.15) is 5.56 Å². The standard InChI is InChI=1S/C9H8ClF2NO3S/c10-17(15,16)7-3-1-6(2-4-7)5-13-9(14)8(11)12/h1-4,8H,5H2,(H,13,14). The summed E-state index contributed by atoms with van der Waals surface area (Å²) in [6, 6.07) is 5.21. The van der Waals surface area contributed by atoms with Gasteiger partial charge in [0.15, 0.2) is 0 Å². The Labute approximate surface area is 101 Å². The van der Waals surface area contributed by atoms with E-state index in [9.17, 15) is 22.0 Å². The molecule has 1 aromatic rings. The molecule has 0 aliphatic rings. The van der Waals surface area contributed by atoms with Gasteiger partial charge in [-0.15, -0.1) is 0 Å². The molecule has 0 spiro atoms. The van der Waals surface area contributed by atoms with Crippen LogP contribution < -0.4 is 5.32 Å². The van der Waals surface area contributed by atoms with Gasteiger partial charge in [-0.2, -0.15) is 8.78 Å². The summed E-state index contributed by atoms with van der Waals surface area (Å²) in [7, 11) is 1.28. The molecule has 0 radical (unpaired) electrons. The first-order chi connectivity index (χ1) is 7.80. The first-order valence-corrected chi connectivity index (χ1v) is 6.71. The summed E-state index contributed by atoms with van der Waals surface area (Å²) >= 11 is 0. The van der Waals surface area contributed by atoms with Gasteiger partial charge in [-0.3, -0.25) is 4.79 Å². The van der Waals surface area contributed by atoms with E-state index < -0.39 is 21.4 Å². The molecule has 1 amide bonds. The Morgan fingerprint density at radius 2 is 1.82 bits per heavy atom. The van der Waals surface area contributed by atoms with Crippen molar-refractivity contribution in [3.05, 3.63) is 29.8 Å². The molecule has 0 atom stereocenters. The molecule has 0 aromatic heterocycles. The Balaban J connectivity index is 2.67. The predicted octanol–water partition coefficient (Wildman–Crippen LogP) is 1.50. The zero-order valence-corrected chi connectivity index (χ0v) is 9.93. The van der Waals surface area contributed by atoms with E-state index in [1.54, 1.807) is 0 Å². The molecule has 0 saturated heterocycles. The summed E-state index contributed by atoms with van der Waals surface area (Å²) < 4.78 is 45.5. The van der Waals surface area contributed by atoms with Gasteiger partial charge in [0.2, 0.25) is 0 Å². The van der Waals surface area contributed by atoms with Gasteiger partial charge in [0.25, 0.3) is 15.0 Å². The molecule has 94 valence electrons. The van der Waals surface area contributed by atoms with Crippen LogP contribution >= 0.6 is 10.7 Å². The highest BCUT2D eigenvalue weighted by Crippen LogP contribution is 2.15. The SMILES string of the molecule is O=C(NCc1ccc(S(=O)(=O)Cl)cc1)C(F)F. The number of halogens is 3. The van der Waals surface area contributed by atoms with Gasteiger partial charge in [0.05, 0.1) is 4.90 Å². The molecule has 0 aliphatic heterocycles. The third-order valence-corrected chi connectivity index (χ3v) is 3.24. The minimum atomic E-state index is -3.80. The predicted molar refractivity (Wildman–Crippen MR) is 57.3 cm³/mol. The third kappa shape index (κ3) is 4.27. The number of alkyl halides is 2. The molecule has 0 unspecified atom stereocenters. The van der Waals surface area contributed by atoms with Crippen LogP contribution in [0.4, 0.5) is 8.78 Å². The molecule has 0 fully saturated rings. The molecule has 1 rings (SSSR count). The molecule has 0 heterocycles. The first kappa shape index (κ1) is 13.9. The van der Waals surface area contributed by atoms with Crippen molar-refractivity contribution in [1.82, 2.24) is 5.32 Å². The van der Waals surface area contributed by atoms with Gasteiger partial charge in [-0.05, 0) is 17.7 Å². The average Bonchev–Trinajstić information content (AvgIpc) is 2.25. The Bertz CT molecular complexity index is 501. The van der Waals surface area contributed by atoms with E-state index in [4.69, 9.17) is 10.7 Å². The van der Waals surface area contributed by atoms with E-state index in [-0.39, 0.29) is 11.4 Å². The average molecular weight is 284 g/mol. The van der Waals surface area contributed by atoms with Gasteiger partial charge in [-0.25, -0.2) is 8.42 Å². The minimum absolute atomic E-state index is 0.0943. The van der Waals surface area contributed by atoms with Gasteiger partial charge in [0, 0.05) is 17.2 Å². The Morgan fingerprint density at radius 3 is 2.24 bits per heavy atom. The van der Waals surface area contributed by atoms with E-state index in [1.165, 1.54) is 24.3 Å². The van der Waals surface area contributed by atoms with E-state index in [2.05, 4.69) is 0 Å². The Morgan fingerprint density at radius 1 is 1.29 bits per heavy atom. The second-order valence-electron chi connectivity index (χ2n) is 3.10. The van der Waals surface area contributed by atoms with Crippen molar-refractivity contribution < 1.29 is 22.0 Å². The molecule has 1 aromatic carbocycles. The van der Waals surface area contributed by atoms with Gasteiger partial charge >= 0.3 is 6.43 Å². The molecular weight excluding hydrogens is 276 g/mol. The number of rotatable bonds is 4. The second-order valence-corrected chi connectivity index (χ2v) is 5.67. The first-order valence-electron chi connectivity index (χ1n) is 4.40. The van der Waals surface area contributed by atoms with Gasteiger partial charge in [-0.1, -0.05) is 12.1 Å². The Hall–Kier alpha value is -1.21. The molecular formula is C9H8ClF2NO3S. The normalized spacial score (nSPS) is 11.5. The van der Waals surface area contributed by atoms with E-state index in [1.807, 2.05) is 5.32 Å². The molecule has 0 bridgehead atoms. The van der Waals surface area contributed by atoms with Crippen molar-refractivity contribution in [2.75, 3.05) is 0 Å². The van der Waals surface area contributed by atoms with Crippen LogP contribution in [0.3, 0.4) is 0 Å². The second kappa shape index (κ2) is 5.42. The smallest absolute Gasteiger partial charge is 0.315 e. The summed E-state index contributed by atoms with van der Waals surface area (Å²) in [4.78, 5) is 10.5. The van der Waals surface area contributed by atoms with Crippen LogP contribution in [0.25, 0.3) is 0 Å². The summed E-state index contributed by atoms with van der Waals surface area (Å²) in [6.07, 6.45) is -3.07. The lowest BCUT2D eigenvalue weighted by molar-refractivity contribution is -0.131. The summed E-state index contributed by atoms with van der Waals surface area (Å²) in [6.45, 7) is -0.105. The maximum Gasteiger partial charge on any atom is 0.315 e. The number of amides is 1. The van der Waals surface area contributed by atoms with Crippen LogP contribution in [0.15, 0.2) is 29.2 Å². The fourth-order valence-electron chi connectivity index (χ4n) is 1.04. The van der Waals surface area contributed by atoms with Crippen LogP contribution in [0.5, 0.6) is 0 Å². The largest absolute Gasteiger partial charge is 0.347 e. The zero-order chi connectivity index (χ0) is 13.1. The van der Waals surface area contributed by atoms with Crippen molar-refractivity contribution in [1.29, 1.82) is 0 Å². The highest BCUT2D eigenvalue weighted by Gasteiger charge is 2.14. The quantitative estimate of drug-likeness (QED) is 0.852. The fraction of sp³-hybridized carbons (Fsp3) is 0.222. The summed E-state index contributed by atoms with van der Waals surface area (Å²) in [5.74, 6) is -1.38. The van der Waals surface area contributed by atoms with Crippen LogP contribution in [-0.2, 0) is 20.4 Å². The lowest BCUT2D eigenvalue weighted by Crippen LogP contribution is -2.28. The molecule has 4 nitrogen and oxygen atoms in total. The lowest BCUT2D eigenvalue weighted by atomic mass is 10.2. The van der Waals surface area contributed by atoms with Gasteiger partial charge < -0.3 is 5.32 Å². The Kier molecular flexibility index (Phi) is 4.41. The molecule has 0 aliphatic carbocycles. The van der Waals surface area contributed by atoms with Crippen LogP contribution in [-0.4, -0.2) is 20.8 Å². The van der Waals surface area contributed by atoms with Gasteiger partial charge in [0.1, 0.15) is 0 Å². The number of carbonyl (C=O) groups excluding carboxylic acids is 1. The topological polar surface area (TPSA) is 63.2 Å². The number of hydrogen-bond donors (Lipinski definition) is 1. The molecule has 8 heteroatoms. The number of carbonyl (C=O) groups is 1. The van der Waals surface area contributed by atoms with Crippen molar-refractivity contribution in [2.24, 2.45) is 0 Å². The lowest BCUT2D eigenvalue weighted by Gasteiger charge is -2.04. The maximum atomic E-state index is 11.8. The molecule has 0 saturated carbocycles. The monoisotopic (exact) mass is 283 g/mol. The number of hydrogen-bond acceptors (Lipinski definition) is 3. The summed E-state index contributed by atoms with van der Waals surface area (Å²) in [5, 5.41) is 1.99. The molecule has 17 heavy (non-hydrogen) atoms. The minimum Gasteiger partial charge on any atom is -0.347 e. The van der Waals surface area contributed by atoms with Crippen molar-refractivity contribution in [2.45, 2.75) is 17.9 Å². The van der Waals surface area contributed by atoms with Crippen molar-refractivity contribution in [3.8, 4) is 0 Å². The highest BCUT2D eigenvalue weighted by atomic mass is 35.7. The fourth-order valence-corrected chi connectivity index (χ4v) is 1.81.